The van der Waals surface area contributed by atoms with Crippen LogP contribution in [0.15, 0.2) is 54.1 Å². The van der Waals surface area contributed by atoms with E-state index in [0.717, 1.165) is 11.8 Å². The first kappa shape index (κ1) is 17.0. The lowest BCUT2D eigenvalue weighted by atomic mass is 9.83. The van der Waals surface area contributed by atoms with Gasteiger partial charge >= 0.3 is 0 Å². The molecule has 0 unspecified atom stereocenters. The maximum atomic E-state index is 2.52. The summed E-state index contributed by atoms with van der Waals surface area (Å²) in [6, 6.07) is 16.3. The fourth-order valence-electron chi connectivity index (χ4n) is 5.37. The van der Waals surface area contributed by atoms with Gasteiger partial charge in [0.25, 0.3) is 0 Å². The van der Waals surface area contributed by atoms with Crippen LogP contribution in [0.25, 0.3) is 23.3 Å². The Morgan fingerprint density at radius 1 is 0.704 bits per heavy atom. The van der Waals surface area contributed by atoms with Crippen LogP contribution >= 0.6 is 0 Å². The van der Waals surface area contributed by atoms with Gasteiger partial charge in [0, 0.05) is 0 Å². The van der Waals surface area contributed by atoms with Crippen LogP contribution < -0.4 is 10.4 Å². The zero-order chi connectivity index (χ0) is 18.1. The molecular weight excluding hydrogens is 324 g/mol. The van der Waals surface area contributed by atoms with E-state index < -0.39 is 0 Å². The fourth-order valence-corrected chi connectivity index (χ4v) is 5.37. The molecule has 2 fully saturated rings. The molecule has 0 bridgehead atoms. The Bertz CT molecular complexity index is 946. The van der Waals surface area contributed by atoms with Crippen molar-refractivity contribution in [1.29, 1.82) is 0 Å². The highest BCUT2D eigenvalue weighted by Crippen LogP contribution is 2.33. The maximum Gasteiger partial charge on any atom is -0.00994 e. The zero-order valence-electron chi connectivity index (χ0n) is 16.3. The van der Waals surface area contributed by atoms with Crippen LogP contribution in [-0.4, -0.2) is 0 Å². The van der Waals surface area contributed by atoms with Gasteiger partial charge in [0.1, 0.15) is 0 Å². The molecule has 138 valence electrons. The average Bonchev–Trinajstić information content (AvgIpc) is 3.38. The highest BCUT2D eigenvalue weighted by atomic mass is 14.2. The topological polar surface area (TPSA) is 0 Å². The Kier molecular flexibility index (Phi) is 4.74. The lowest BCUT2D eigenvalue weighted by Gasteiger charge is -2.22. The normalized spacial score (nSPS) is 21.9. The molecule has 0 spiro atoms. The molecule has 3 aliphatic carbocycles. The molecule has 2 saturated carbocycles. The Balaban J connectivity index is 1.46. The van der Waals surface area contributed by atoms with E-state index in [1.807, 2.05) is 0 Å². The summed E-state index contributed by atoms with van der Waals surface area (Å²) in [6.07, 6.45) is 19.8. The van der Waals surface area contributed by atoms with Crippen LogP contribution in [0.1, 0.15) is 69.3 Å². The molecule has 0 heteroatoms. The van der Waals surface area contributed by atoms with E-state index in [1.165, 1.54) is 84.9 Å². The standard InChI is InChI=1S/C27H30/c1-2-9-22(10-3-1)23-13-15-24(16-14-23)26-12-6-11-25-18-21(19-27(25)26)17-20-7-4-5-8-20/h6,11-20,22H,1-5,7-10H2. The SMILES string of the molecule is C(=C1C=c2cccc(-c3ccc(C4CCCCC4)cc3)c2=C1)C1CCCC1. The van der Waals surface area contributed by atoms with Gasteiger partial charge in [0.15, 0.2) is 0 Å². The lowest BCUT2D eigenvalue weighted by Crippen LogP contribution is -2.22. The van der Waals surface area contributed by atoms with Gasteiger partial charge < -0.3 is 0 Å². The molecule has 0 N–H and O–H groups in total. The molecule has 0 saturated heterocycles. The summed E-state index contributed by atoms with van der Waals surface area (Å²) in [6.45, 7) is 0. The van der Waals surface area contributed by atoms with Gasteiger partial charge in [-0.3, -0.25) is 0 Å². The fraction of sp³-hybridized carbons (Fsp3) is 0.407. The van der Waals surface area contributed by atoms with Crippen LogP contribution in [-0.2, 0) is 0 Å². The molecule has 0 heterocycles. The van der Waals surface area contributed by atoms with Crippen LogP contribution in [0.4, 0.5) is 0 Å². The molecule has 0 aliphatic heterocycles. The van der Waals surface area contributed by atoms with Gasteiger partial charge in [-0.15, -0.1) is 0 Å². The molecular formula is C27H30. The quantitative estimate of drug-likeness (QED) is 0.625. The summed E-state index contributed by atoms with van der Waals surface area (Å²) in [5.74, 6) is 1.58. The van der Waals surface area contributed by atoms with Crippen LogP contribution in [0.3, 0.4) is 0 Å². The Morgan fingerprint density at radius 2 is 1.44 bits per heavy atom. The molecule has 0 radical (unpaired) electrons. The monoisotopic (exact) mass is 354 g/mol. The molecule has 3 aliphatic rings. The first-order valence-electron chi connectivity index (χ1n) is 11.0. The zero-order valence-corrected chi connectivity index (χ0v) is 16.3. The van der Waals surface area contributed by atoms with Crippen molar-refractivity contribution in [3.63, 3.8) is 0 Å². The van der Waals surface area contributed by atoms with Crippen molar-refractivity contribution in [1.82, 2.24) is 0 Å². The van der Waals surface area contributed by atoms with Gasteiger partial charge in [-0.2, -0.15) is 0 Å². The van der Waals surface area contributed by atoms with Crippen molar-refractivity contribution in [3.8, 4) is 11.1 Å². The van der Waals surface area contributed by atoms with E-state index in [-0.39, 0.29) is 0 Å². The minimum absolute atomic E-state index is 0.787. The summed E-state index contributed by atoms with van der Waals surface area (Å²) >= 11 is 0. The molecule has 2 aromatic rings. The number of fused-ring (bicyclic) bond motifs is 1. The van der Waals surface area contributed by atoms with Gasteiger partial charge in [0.2, 0.25) is 0 Å². The van der Waals surface area contributed by atoms with E-state index in [9.17, 15) is 0 Å². The van der Waals surface area contributed by atoms with Crippen molar-refractivity contribution in [2.45, 2.75) is 63.7 Å². The number of hydrogen-bond donors (Lipinski definition) is 0. The summed E-state index contributed by atoms with van der Waals surface area (Å²) in [7, 11) is 0. The molecule has 27 heavy (non-hydrogen) atoms. The largest absolute Gasteiger partial charge is 0.0741 e. The lowest BCUT2D eigenvalue weighted by molar-refractivity contribution is 0.443. The van der Waals surface area contributed by atoms with Crippen LogP contribution in [0.5, 0.6) is 0 Å². The van der Waals surface area contributed by atoms with E-state index in [1.54, 1.807) is 5.56 Å². The van der Waals surface area contributed by atoms with Crippen molar-refractivity contribution >= 4 is 12.2 Å². The second-order valence-electron chi connectivity index (χ2n) is 8.77. The summed E-state index contributed by atoms with van der Waals surface area (Å²) in [4.78, 5) is 0. The first-order valence-corrected chi connectivity index (χ1v) is 11.0. The van der Waals surface area contributed by atoms with Gasteiger partial charge in [-0.05, 0) is 82.4 Å². The molecule has 0 amide bonds. The Morgan fingerprint density at radius 3 is 2.22 bits per heavy atom. The average molecular weight is 355 g/mol. The number of rotatable bonds is 3. The minimum Gasteiger partial charge on any atom is -0.0741 e. The third kappa shape index (κ3) is 3.55. The third-order valence-electron chi connectivity index (χ3n) is 6.90. The molecule has 5 rings (SSSR count). The smallest absolute Gasteiger partial charge is 0.00994 e. The number of allylic oxidation sites excluding steroid dienone is 2. The van der Waals surface area contributed by atoms with Crippen molar-refractivity contribution in [3.05, 3.63) is 70.1 Å². The predicted molar refractivity (Wildman–Crippen MR) is 116 cm³/mol. The van der Waals surface area contributed by atoms with Crippen molar-refractivity contribution < 1.29 is 0 Å². The maximum absolute atomic E-state index is 2.52. The summed E-state index contributed by atoms with van der Waals surface area (Å²) in [5.41, 5.74) is 5.71. The highest BCUT2D eigenvalue weighted by molar-refractivity contribution is 5.78. The second-order valence-corrected chi connectivity index (χ2v) is 8.77. The van der Waals surface area contributed by atoms with Crippen molar-refractivity contribution in [2.75, 3.05) is 0 Å². The van der Waals surface area contributed by atoms with E-state index in [2.05, 4.69) is 60.7 Å². The molecule has 0 aromatic heterocycles. The van der Waals surface area contributed by atoms with Crippen molar-refractivity contribution in [2.24, 2.45) is 5.92 Å². The first-order chi connectivity index (χ1) is 13.4. The number of benzene rings is 2. The van der Waals surface area contributed by atoms with Crippen LogP contribution in [0, 0.1) is 5.92 Å². The van der Waals surface area contributed by atoms with Crippen LogP contribution in [0.2, 0.25) is 0 Å². The highest BCUT2D eigenvalue weighted by Gasteiger charge is 2.16. The summed E-state index contributed by atoms with van der Waals surface area (Å²) in [5, 5.41) is 2.79. The van der Waals surface area contributed by atoms with E-state index in [0.29, 0.717) is 0 Å². The predicted octanol–water partition coefficient (Wildman–Crippen LogP) is 6.09. The summed E-state index contributed by atoms with van der Waals surface area (Å²) < 4.78 is 0. The van der Waals surface area contributed by atoms with E-state index >= 15 is 0 Å². The second kappa shape index (κ2) is 7.50. The van der Waals surface area contributed by atoms with Gasteiger partial charge in [-0.25, -0.2) is 0 Å². The van der Waals surface area contributed by atoms with Gasteiger partial charge in [-0.1, -0.05) is 80.6 Å². The Labute approximate surface area is 163 Å². The Hall–Kier alpha value is -2.08. The minimum atomic E-state index is 0.787. The third-order valence-corrected chi connectivity index (χ3v) is 6.90. The van der Waals surface area contributed by atoms with Gasteiger partial charge in [0.05, 0.1) is 0 Å². The molecule has 0 atom stereocenters. The molecule has 0 nitrogen and oxygen atoms in total. The van der Waals surface area contributed by atoms with E-state index in [4.69, 9.17) is 0 Å². The number of hydrogen-bond acceptors (Lipinski definition) is 0. The molecule has 2 aromatic carbocycles.